The van der Waals surface area contributed by atoms with Crippen LogP contribution < -0.4 is 0 Å². The van der Waals surface area contributed by atoms with Gasteiger partial charge in [-0.2, -0.15) is 5.10 Å². The highest BCUT2D eigenvalue weighted by Crippen LogP contribution is 2.39. The lowest BCUT2D eigenvalue weighted by Crippen LogP contribution is -2.52. The molecule has 7 heteroatoms. The Morgan fingerprint density at radius 3 is 2.83 bits per heavy atom. The second kappa shape index (κ2) is 6.08. The van der Waals surface area contributed by atoms with Gasteiger partial charge in [0.15, 0.2) is 0 Å². The molecule has 0 aliphatic carbocycles. The van der Waals surface area contributed by atoms with E-state index in [1.54, 1.807) is 42.3 Å². The molecule has 1 aliphatic heterocycles. The Labute approximate surface area is 135 Å². The Bertz CT molecular complexity index is 683. The molecule has 0 radical (unpaired) electrons. The minimum atomic E-state index is -0.755. The van der Waals surface area contributed by atoms with Gasteiger partial charge in [-0.05, 0) is 18.9 Å². The Hall–Kier alpha value is -2.28. The van der Waals surface area contributed by atoms with Crippen LogP contribution in [0.25, 0.3) is 0 Å². The second-order valence-electron chi connectivity index (χ2n) is 6.16. The fraction of sp³-hybridized carbons (Fsp3) is 0.500. The monoisotopic (exact) mass is 314 g/mol. The van der Waals surface area contributed by atoms with Crippen molar-refractivity contribution >= 4 is 5.91 Å². The molecule has 0 spiro atoms. The zero-order valence-electron chi connectivity index (χ0n) is 13.8. The SMILES string of the molecule is CN(C)C(=O)C1(c2cnccn2)CCCN1Cc1ccn(C)n1. The van der Waals surface area contributed by atoms with Gasteiger partial charge in [0.05, 0.1) is 17.6 Å². The fourth-order valence-corrected chi connectivity index (χ4v) is 3.36. The minimum absolute atomic E-state index is 0.0476. The molecule has 2 aromatic heterocycles. The third kappa shape index (κ3) is 2.72. The smallest absolute Gasteiger partial charge is 0.248 e. The summed E-state index contributed by atoms with van der Waals surface area (Å²) in [4.78, 5) is 25.5. The number of amides is 1. The first-order valence-electron chi connectivity index (χ1n) is 7.76. The molecule has 0 saturated carbocycles. The summed E-state index contributed by atoms with van der Waals surface area (Å²) in [5, 5.41) is 4.45. The normalized spacial score (nSPS) is 21.5. The summed E-state index contributed by atoms with van der Waals surface area (Å²) in [7, 11) is 5.48. The standard InChI is InChI=1S/C16H22N6O/c1-20(2)15(23)16(14-11-17-7-8-18-14)6-4-9-22(16)12-13-5-10-21(3)19-13/h5,7-8,10-11H,4,6,9,12H2,1-3H3. The molecule has 122 valence electrons. The first-order chi connectivity index (χ1) is 11.0. The lowest BCUT2D eigenvalue weighted by molar-refractivity contribution is -0.141. The lowest BCUT2D eigenvalue weighted by atomic mass is 9.90. The van der Waals surface area contributed by atoms with Crippen LogP contribution in [-0.2, 0) is 23.9 Å². The van der Waals surface area contributed by atoms with Crippen LogP contribution in [0.2, 0.25) is 0 Å². The Kier molecular flexibility index (Phi) is 4.12. The maximum atomic E-state index is 13.1. The van der Waals surface area contributed by atoms with Gasteiger partial charge >= 0.3 is 0 Å². The van der Waals surface area contributed by atoms with E-state index in [9.17, 15) is 4.79 Å². The number of likely N-dealkylation sites (N-methyl/N-ethyl adjacent to an activating group) is 1. The van der Waals surface area contributed by atoms with Crippen molar-refractivity contribution in [2.75, 3.05) is 20.6 Å². The fourth-order valence-electron chi connectivity index (χ4n) is 3.36. The zero-order valence-corrected chi connectivity index (χ0v) is 13.8. The summed E-state index contributed by atoms with van der Waals surface area (Å²) < 4.78 is 1.78. The van der Waals surface area contributed by atoms with Gasteiger partial charge in [-0.1, -0.05) is 0 Å². The molecule has 2 aromatic rings. The highest BCUT2D eigenvalue weighted by atomic mass is 16.2. The molecule has 1 atom stereocenters. The number of aromatic nitrogens is 4. The predicted molar refractivity (Wildman–Crippen MR) is 85.3 cm³/mol. The third-order valence-corrected chi connectivity index (χ3v) is 4.38. The largest absolute Gasteiger partial charge is 0.347 e. The van der Waals surface area contributed by atoms with Crippen molar-refractivity contribution in [3.63, 3.8) is 0 Å². The number of likely N-dealkylation sites (tertiary alicyclic amines) is 1. The van der Waals surface area contributed by atoms with Crippen LogP contribution in [0.15, 0.2) is 30.9 Å². The number of nitrogens with zero attached hydrogens (tertiary/aromatic N) is 6. The van der Waals surface area contributed by atoms with E-state index in [0.717, 1.165) is 25.1 Å². The van der Waals surface area contributed by atoms with Crippen molar-refractivity contribution in [2.45, 2.75) is 24.9 Å². The second-order valence-corrected chi connectivity index (χ2v) is 6.16. The van der Waals surface area contributed by atoms with Crippen LogP contribution in [0, 0.1) is 0 Å². The number of carbonyl (C=O) groups is 1. The minimum Gasteiger partial charge on any atom is -0.347 e. The van der Waals surface area contributed by atoms with Gasteiger partial charge in [0.2, 0.25) is 5.91 Å². The molecule has 1 aliphatic rings. The van der Waals surface area contributed by atoms with E-state index in [4.69, 9.17) is 0 Å². The van der Waals surface area contributed by atoms with Crippen LogP contribution in [-0.4, -0.2) is 56.1 Å². The third-order valence-electron chi connectivity index (χ3n) is 4.38. The van der Waals surface area contributed by atoms with Gasteiger partial charge in [-0.15, -0.1) is 0 Å². The Morgan fingerprint density at radius 2 is 2.22 bits per heavy atom. The molecule has 3 rings (SSSR count). The van der Waals surface area contributed by atoms with Crippen molar-refractivity contribution in [1.29, 1.82) is 0 Å². The quantitative estimate of drug-likeness (QED) is 0.835. The van der Waals surface area contributed by atoms with E-state index in [1.165, 1.54) is 0 Å². The average molecular weight is 314 g/mol. The van der Waals surface area contributed by atoms with E-state index in [1.807, 2.05) is 19.3 Å². The summed E-state index contributed by atoms with van der Waals surface area (Å²) in [5.41, 5.74) is 0.913. The summed E-state index contributed by atoms with van der Waals surface area (Å²) in [5.74, 6) is 0.0476. The van der Waals surface area contributed by atoms with Crippen molar-refractivity contribution in [2.24, 2.45) is 7.05 Å². The molecule has 1 unspecified atom stereocenters. The van der Waals surface area contributed by atoms with E-state index >= 15 is 0 Å². The molecule has 7 nitrogen and oxygen atoms in total. The lowest BCUT2D eigenvalue weighted by Gasteiger charge is -2.37. The van der Waals surface area contributed by atoms with Crippen LogP contribution in [0.1, 0.15) is 24.2 Å². The zero-order chi connectivity index (χ0) is 16.4. The average Bonchev–Trinajstić information content (AvgIpc) is 3.15. The van der Waals surface area contributed by atoms with Crippen molar-refractivity contribution in [3.8, 4) is 0 Å². The summed E-state index contributed by atoms with van der Waals surface area (Å²) in [6.07, 6.45) is 8.60. The number of rotatable bonds is 4. The first-order valence-corrected chi connectivity index (χ1v) is 7.76. The van der Waals surface area contributed by atoms with E-state index in [-0.39, 0.29) is 5.91 Å². The van der Waals surface area contributed by atoms with E-state index in [0.29, 0.717) is 12.2 Å². The molecule has 1 fully saturated rings. The molecular weight excluding hydrogens is 292 g/mol. The summed E-state index contributed by atoms with van der Waals surface area (Å²) in [6.45, 7) is 1.46. The molecule has 0 N–H and O–H groups in total. The van der Waals surface area contributed by atoms with Crippen LogP contribution >= 0.6 is 0 Å². The van der Waals surface area contributed by atoms with Crippen LogP contribution in [0.4, 0.5) is 0 Å². The van der Waals surface area contributed by atoms with E-state index in [2.05, 4.69) is 20.0 Å². The van der Waals surface area contributed by atoms with Crippen LogP contribution in [0.5, 0.6) is 0 Å². The number of aryl methyl sites for hydroxylation is 1. The van der Waals surface area contributed by atoms with Crippen molar-refractivity contribution in [3.05, 3.63) is 42.2 Å². The highest BCUT2D eigenvalue weighted by molar-refractivity contribution is 5.87. The van der Waals surface area contributed by atoms with E-state index < -0.39 is 5.54 Å². The van der Waals surface area contributed by atoms with Gasteiger partial charge in [-0.25, -0.2) is 0 Å². The number of hydrogen-bond donors (Lipinski definition) is 0. The molecule has 1 amide bonds. The Morgan fingerprint density at radius 1 is 1.39 bits per heavy atom. The predicted octanol–water partition coefficient (Wildman–Crippen LogP) is 0.790. The molecule has 23 heavy (non-hydrogen) atoms. The topological polar surface area (TPSA) is 67.2 Å². The van der Waals surface area contributed by atoms with Gasteiger partial charge in [-0.3, -0.25) is 24.3 Å². The molecule has 3 heterocycles. The molecule has 0 aromatic carbocycles. The summed E-state index contributed by atoms with van der Waals surface area (Å²) in [6, 6.07) is 1.99. The maximum absolute atomic E-state index is 13.1. The first kappa shape index (κ1) is 15.6. The van der Waals surface area contributed by atoms with Gasteiger partial charge < -0.3 is 4.90 Å². The maximum Gasteiger partial charge on any atom is 0.248 e. The van der Waals surface area contributed by atoms with Gasteiger partial charge in [0.25, 0.3) is 0 Å². The van der Waals surface area contributed by atoms with Gasteiger partial charge in [0, 0.05) is 52.8 Å². The van der Waals surface area contributed by atoms with Crippen LogP contribution in [0.3, 0.4) is 0 Å². The Balaban J connectivity index is 2.01. The van der Waals surface area contributed by atoms with Crippen molar-refractivity contribution in [1.82, 2.24) is 29.5 Å². The summed E-state index contributed by atoms with van der Waals surface area (Å²) >= 11 is 0. The number of hydrogen-bond acceptors (Lipinski definition) is 5. The number of carbonyl (C=O) groups excluding carboxylic acids is 1. The molecule has 0 bridgehead atoms. The molecule has 1 saturated heterocycles. The van der Waals surface area contributed by atoms with Gasteiger partial charge in [0.1, 0.15) is 5.54 Å². The molecular formula is C16H22N6O. The van der Waals surface area contributed by atoms with Crippen molar-refractivity contribution < 1.29 is 4.79 Å². The highest BCUT2D eigenvalue weighted by Gasteiger charge is 2.51.